The molecule has 0 amide bonds. The standard InChI is InChI=1S/C17H26N4O5S/c1-5-25-10-21-13-14(18-16(21)27)19(4)17(24)20(15(13)23)9-7-6-8-11(2)26-12(3)22/h11H,5-10H2,1-4H3,(H,18,27). The summed E-state index contributed by atoms with van der Waals surface area (Å²) in [4.78, 5) is 39.3. The Morgan fingerprint density at radius 3 is 2.59 bits per heavy atom. The van der Waals surface area contributed by atoms with E-state index in [4.69, 9.17) is 21.7 Å². The molecule has 150 valence electrons. The molecule has 0 spiro atoms. The largest absolute Gasteiger partial charge is 0.463 e. The van der Waals surface area contributed by atoms with Crippen LogP contribution in [0.15, 0.2) is 9.59 Å². The van der Waals surface area contributed by atoms with Gasteiger partial charge in [-0.25, -0.2) is 4.79 Å². The molecule has 2 aromatic heterocycles. The maximum Gasteiger partial charge on any atom is 0.332 e. The van der Waals surface area contributed by atoms with Crippen molar-refractivity contribution in [3.63, 3.8) is 0 Å². The van der Waals surface area contributed by atoms with E-state index in [1.54, 1.807) is 11.6 Å². The number of unbranched alkanes of at least 4 members (excludes halogenated alkanes) is 1. The number of aromatic nitrogens is 4. The van der Waals surface area contributed by atoms with Crippen molar-refractivity contribution in [3.8, 4) is 0 Å². The number of hydrogen-bond acceptors (Lipinski definition) is 6. The summed E-state index contributed by atoms with van der Waals surface area (Å²) in [6, 6.07) is 0. The zero-order valence-electron chi connectivity index (χ0n) is 16.1. The average molecular weight is 398 g/mol. The Kier molecular flexibility index (Phi) is 7.14. The van der Waals surface area contributed by atoms with E-state index in [-0.39, 0.29) is 25.3 Å². The molecule has 0 saturated carbocycles. The van der Waals surface area contributed by atoms with E-state index in [9.17, 15) is 14.4 Å². The van der Waals surface area contributed by atoms with Gasteiger partial charge in [0, 0.05) is 27.1 Å². The fourth-order valence-electron chi connectivity index (χ4n) is 2.96. The van der Waals surface area contributed by atoms with Crippen molar-refractivity contribution in [1.82, 2.24) is 18.7 Å². The zero-order chi connectivity index (χ0) is 20.1. The van der Waals surface area contributed by atoms with Crippen LogP contribution in [0.25, 0.3) is 11.2 Å². The third kappa shape index (κ3) is 4.75. The Balaban J connectivity index is 2.26. The minimum Gasteiger partial charge on any atom is -0.463 e. The van der Waals surface area contributed by atoms with Crippen LogP contribution >= 0.6 is 12.2 Å². The molecule has 2 rings (SSSR count). The number of carbonyl (C=O) groups is 1. The number of esters is 1. The molecule has 9 nitrogen and oxygen atoms in total. The molecule has 0 saturated heterocycles. The summed E-state index contributed by atoms with van der Waals surface area (Å²) in [7, 11) is 1.60. The summed E-state index contributed by atoms with van der Waals surface area (Å²) in [6.45, 7) is 5.94. The van der Waals surface area contributed by atoms with E-state index in [1.165, 1.54) is 16.1 Å². The van der Waals surface area contributed by atoms with Crippen LogP contribution in [0.2, 0.25) is 0 Å². The molecule has 27 heavy (non-hydrogen) atoms. The summed E-state index contributed by atoms with van der Waals surface area (Å²) in [5, 5.41) is 0. The molecule has 10 heteroatoms. The normalized spacial score (nSPS) is 12.4. The van der Waals surface area contributed by atoms with E-state index in [2.05, 4.69) is 4.98 Å². The number of rotatable bonds is 9. The van der Waals surface area contributed by atoms with Gasteiger partial charge in [0.25, 0.3) is 5.56 Å². The van der Waals surface area contributed by atoms with Crippen LogP contribution in [0.3, 0.4) is 0 Å². The molecule has 1 N–H and O–H groups in total. The SMILES string of the molecule is CCOCn1c(=S)[nH]c2c1c(=O)n(CCCCC(C)OC(C)=O)c(=O)n2C. The van der Waals surface area contributed by atoms with Crippen LogP contribution < -0.4 is 11.2 Å². The molecule has 0 aliphatic rings. The van der Waals surface area contributed by atoms with Crippen molar-refractivity contribution in [1.29, 1.82) is 0 Å². The van der Waals surface area contributed by atoms with Gasteiger partial charge in [0.15, 0.2) is 10.3 Å². The van der Waals surface area contributed by atoms with E-state index in [1.807, 2.05) is 13.8 Å². The lowest BCUT2D eigenvalue weighted by molar-refractivity contribution is -0.145. The molecule has 2 heterocycles. The summed E-state index contributed by atoms with van der Waals surface area (Å²) < 4.78 is 15.0. The second-order valence-corrected chi connectivity index (χ2v) is 6.78. The topological polar surface area (TPSA) is 100 Å². The molecular formula is C17H26N4O5S. The van der Waals surface area contributed by atoms with Crippen molar-refractivity contribution < 1.29 is 14.3 Å². The Bertz CT molecular complexity index is 984. The number of ether oxygens (including phenoxy) is 2. The highest BCUT2D eigenvalue weighted by atomic mass is 32.1. The van der Waals surface area contributed by atoms with Gasteiger partial charge in [0.2, 0.25) is 0 Å². The first-order valence-corrected chi connectivity index (χ1v) is 9.36. The number of H-pyrrole nitrogens is 1. The van der Waals surface area contributed by atoms with Gasteiger partial charge < -0.3 is 14.5 Å². The van der Waals surface area contributed by atoms with Crippen LogP contribution in [-0.2, 0) is 34.6 Å². The van der Waals surface area contributed by atoms with Crippen LogP contribution in [0, 0.1) is 4.77 Å². The number of nitrogens with one attached hydrogen (secondary N) is 1. The molecule has 0 aromatic carbocycles. The van der Waals surface area contributed by atoms with Gasteiger partial charge in [-0.05, 0) is 45.3 Å². The lowest BCUT2D eigenvalue weighted by atomic mass is 10.2. The first-order chi connectivity index (χ1) is 12.8. The minimum absolute atomic E-state index is 0.142. The lowest BCUT2D eigenvalue weighted by Gasteiger charge is -2.12. The second-order valence-electron chi connectivity index (χ2n) is 6.39. The van der Waals surface area contributed by atoms with Crippen LogP contribution in [0.4, 0.5) is 0 Å². The van der Waals surface area contributed by atoms with Crippen LogP contribution in [0.5, 0.6) is 0 Å². The van der Waals surface area contributed by atoms with E-state index >= 15 is 0 Å². The predicted octanol–water partition coefficient (Wildman–Crippen LogP) is 1.68. The summed E-state index contributed by atoms with van der Waals surface area (Å²) in [5.41, 5.74) is -0.0909. The molecular weight excluding hydrogens is 372 g/mol. The highest BCUT2D eigenvalue weighted by Crippen LogP contribution is 2.09. The maximum absolute atomic E-state index is 12.9. The molecule has 0 bridgehead atoms. The fraction of sp³-hybridized carbons (Fsp3) is 0.647. The second kappa shape index (κ2) is 9.14. The highest BCUT2D eigenvalue weighted by Gasteiger charge is 2.17. The van der Waals surface area contributed by atoms with Crippen molar-refractivity contribution >= 4 is 29.4 Å². The van der Waals surface area contributed by atoms with Crippen molar-refractivity contribution in [3.05, 3.63) is 25.6 Å². The third-order valence-corrected chi connectivity index (χ3v) is 4.62. The number of fused-ring (bicyclic) bond motifs is 1. The number of aromatic amines is 1. The maximum atomic E-state index is 12.9. The predicted molar refractivity (Wildman–Crippen MR) is 103 cm³/mol. The summed E-state index contributed by atoms with van der Waals surface area (Å²) in [6.07, 6.45) is 1.82. The molecule has 0 aliphatic heterocycles. The average Bonchev–Trinajstić information content (AvgIpc) is 2.93. The third-order valence-electron chi connectivity index (χ3n) is 4.30. The molecule has 1 unspecified atom stereocenters. The number of hydrogen-bond donors (Lipinski definition) is 1. The molecule has 0 fully saturated rings. The molecule has 1 atom stereocenters. The van der Waals surface area contributed by atoms with Gasteiger partial charge in [-0.2, -0.15) is 0 Å². The number of carbonyl (C=O) groups excluding carboxylic acids is 1. The quantitative estimate of drug-likeness (QED) is 0.392. The Morgan fingerprint density at radius 2 is 1.96 bits per heavy atom. The Morgan fingerprint density at radius 1 is 1.26 bits per heavy atom. The van der Waals surface area contributed by atoms with Crippen molar-refractivity contribution in [2.75, 3.05) is 6.61 Å². The van der Waals surface area contributed by atoms with Crippen molar-refractivity contribution in [2.24, 2.45) is 7.05 Å². The van der Waals surface area contributed by atoms with Crippen LogP contribution in [-0.4, -0.2) is 37.4 Å². The molecule has 0 aliphatic carbocycles. The van der Waals surface area contributed by atoms with E-state index < -0.39 is 11.2 Å². The highest BCUT2D eigenvalue weighted by molar-refractivity contribution is 7.71. The van der Waals surface area contributed by atoms with Crippen molar-refractivity contribution in [2.45, 2.75) is 59.4 Å². The first-order valence-electron chi connectivity index (χ1n) is 8.95. The first kappa shape index (κ1) is 21.1. The Hall–Kier alpha value is -2.20. The van der Waals surface area contributed by atoms with Gasteiger partial charge in [-0.1, -0.05) is 0 Å². The molecule has 0 radical (unpaired) electrons. The number of imidazole rings is 1. The van der Waals surface area contributed by atoms with Crippen LogP contribution in [0.1, 0.15) is 40.0 Å². The fourth-order valence-corrected chi connectivity index (χ4v) is 3.20. The van der Waals surface area contributed by atoms with Gasteiger partial charge in [-0.3, -0.25) is 23.3 Å². The van der Waals surface area contributed by atoms with E-state index in [0.717, 1.165) is 6.42 Å². The monoisotopic (exact) mass is 398 g/mol. The zero-order valence-corrected chi connectivity index (χ0v) is 16.9. The van der Waals surface area contributed by atoms with Gasteiger partial charge in [0.05, 0.1) is 6.10 Å². The number of aryl methyl sites for hydroxylation is 1. The van der Waals surface area contributed by atoms with Gasteiger partial charge in [-0.15, -0.1) is 0 Å². The van der Waals surface area contributed by atoms with Gasteiger partial charge >= 0.3 is 11.7 Å². The van der Waals surface area contributed by atoms with Gasteiger partial charge in [0.1, 0.15) is 12.4 Å². The smallest absolute Gasteiger partial charge is 0.332 e. The lowest BCUT2D eigenvalue weighted by Crippen LogP contribution is -2.39. The number of nitrogens with zero attached hydrogens (tertiary/aromatic N) is 3. The Labute approximate surface area is 161 Å². The molecule has 2 aromatic rings. The summed E-state index contributed by atoms with van der Waals surface area (Å²) in [5.74, 6) is -0.316. The van der Waals surface area contributed by atoms with E-state index in [0.29, 0.717) is 35.4 Å². The summed E-state index contributed by atoms with van der Waals surface area (Å²) >= 11 is 5.26. The minimum atomic E-state index is -0.402.